The summed E-state index contributed by atoms with van der Waals surface area (Å²) in [6.45, 7) is 8.66. The number of allylic oxidation sites excluding steroid dienone is 2. The number of hydrogen-bond acceptors (Lipinski definition) is 7. The number of aromatic nitrogens is 1. The minimum atomic E-state index is -0.981. The Morgan fingerprint density at radius 3 is 2.63 bits per heavy atom. The standard InChI is InChI=1S/C18H26N4O4S/c1-10(2)11(3)20-12(4)16(23)21-13-6-7-22(9-14(13)26-5)18-19-8-15(27-18)17(24)25/h8,13-14H,6-7,9H2,1-5H3,(H,21,23)(H,24,25)/t13?,14-/m0/s1. The first-order valence-corrected chi connectivity index (χ1v) is 9.51. The number of thiazole rings is 1. The highest BCUT2D eigenvalue weighted by Crippen LogP contribution is 2.26. The zero-order chi connectivity index (χ0) is 20.1. The summed E-state index contributed by atoms with van der Waals surface area (Å²) >= 11 is 1.14. The van der Waals surface area contributed by atoms with Crippen molar-refractivity contribution in [3.63, 3.8) is 0 Å². The van der Waals surface area contributed by atoms with Gasteiger partial charge in [0.15, 0.2) is 5.13 Å². The van der Waals surface area contributed by atoms with Crippen LogP contribution in [0.5, 0.6) is 0 Å². The molecule has 2 atom stereocenters. The number of piperidine rings is 1. The Labute approximate surface area is 163 Å². The van der Waals surface area contributed by atoms with Crippen LogP contribution in [0.4, 0.5) is 5.13 Å². The van der Waals surface area contributed by atoms with E-state index in [0.717, 1.165) is 22.6 Å². The number of carboxylic acids is 1. The summed E-state index contributed by atoms with van der Waals surface area (Å²) in [6.07, 6.45) is 1.81. The number of carbonyl (C=O) groups excluding carboxylic acids is 1. The maximum atomic E-state index is 12.5. The normalized spacial score (nSPS) is 20.3. The molecule has 148 valence electrons. The molecule has 1 aliphatic heterocycles. The van der Waals surface area contributed by atoms with Gasteiger partial charge in [0.25, 0.3) is 5.91 Å². The van der Waals surface area contributed by atoms with E-state index in [1.807, 2.05) is 25.7 Å². The van der Waals surface area contributed by atoms with Gasteiger partial charge in [0.05, 0.1) is 18.3 Å². The predicted molar refractivity (Wildman–Crippen MR) is 106 cm³/mol. The number of carboxylic acid groups (broad SMARTS) is 1. The van der Waals surface area contributed by atoms with Gasteiger partial charge in [0.2, 0.25) is 0 Å². The molecule has 9 heteroatoms. The number of nitrogens with one attached hydrogen (secondary N) is 1. The van der Waals surface area contributed by atoms with Gasteiger partial charge in [-0.1, -0.05) is 16.9 Å². The number of methoxy groups -OCH3 is 1. The number of rotatable bonds is 6. The molecule has 27 heavy (non-hydrogen) atoms. The molecule has 1 fully saturated rings. The van der Waals surface area contributed by atoms with E-state index in [9.17, 15) is 9.59 Å². The first-order valence-electron chi connectivity index (χ1n) is 8.70. The van der Waals surface area contributed by atoms with Crippen LogP contribution in [0.2, 0.25) is 0 Å². The minimum absolute atomic E-state index is 0.144. The van der Waals surface area contributed by atoms with E-state index in [4.69, 9.17) is 9.84 Å². The topological polar surface area (TPSA) is 104 Å². The fourth-order valence-electron chi connectivity index (χ4n) is 2.69. The SMILES string of the molecule is CO[C@H]1CN(c2ncc(C(=O)O)s2)CCC1NC(=O)C(C)=NC(C)=C(C)C. The van der Waals surface area contributed by atoms with Crippen molar-refractivity contribution in [2.45, 2.75) is 46.3 Å². The fourth-order valence-corrected chi connectivity index (χ4v) is 3.48. The lowest BCUT2D eigenvalue weighted by atomic mass is 10.0. The van der Waals surface area contributed by atoms with Gasteiger partial charge in [-0.15, -0.1) is 0 Å². The summed E-state index contributed by atoms with van der Waals surface area (Å²) in [7, 11) is 1.60. The smallest absolute Gasteiger partial charge is 0.347 e. The average Bonchev–Trinajstić information content (AvgIpc) is 3.12. The van der Waals surface area contributed by atoms with Crippen LogP contribution in [0.25, 0.3) is 0 Å². The van der Waals surface area contributed by atoms with Crippen LogP contribution >= 0.6 is 11.3 Å². The molecule has 2 heterocycles. The minimum Gasteiger partial charge on any atom is -0.477 e. The molecule has 1 aromatic rings. The van der Waals surface area contributed by atoms with E-state index in [0.29, 0.717) is 30.4 Å². The molecule has 2 rings (SSSR count). The third kappa shape index (κ3) is 5.36. The van der Waals surface area contributed by atoms with Gasteiger partial charge in [0, 0.05) is 25.9 Å². The molecular weight excluding hydrogens is 368 g/mol. The molecule has 0 bridgehead atoms. The van der Waals surface area contributed by atoms with E-state index in [1.54, 1.807) is 14.0 Å². The molecule has 1 aliphatic rings. The summed E-state index contributed by atoms with van der Waals surface area (Å²) in [5.74, 6) is -1.19. The van der Waals surface area contributed by atoms with Crippen LogP contribution in [0, 0.1) is 0 Å². The Kier molecular flexibility index (Phi) is 7.09. The highest BCUT2D eigenvalue weighted by atomic mass is 32.1. The van der Waals surface area contributed by atoms with Crippen LogP contribution in [-0.4, -0.2) is 60.0 Å². The fraction of sp³-hybridized carbons (Fsp3) is 0.556. The van der Waals surface area contributed by atoms with Crippen LogP contribution in [-0.2, 0) is 9.53 Å². The second kappa shape index (κ2) is 9.09. The predicted octanol–water partition coefficient (Wildman–Crippen LogP) is 2.33. The molecule has 0 spiro atoms. The Morgan fingerprint density at radius 2 is 2.07 bits per heavy atom. The number of anilines is 1. The van der Waals surface area contributed by atoms with Gasteiger partial charge < -0.3 is 20.1 Å². The number of hydrogen-bond donors (Lipinski definition) is 2. The highest BCUT2D eigenvalue weighted by molar-refractivity contribution is 7.17. The van der Waals surface area contributed by atoms with E-state index in [1.165, 1.54) is 6.20 Å². The van der Waals surface area contributed by atoms with E-state index in [-0.39, 0.29) is 22.9 Å². The van der Waals surface area contributed by atoms with Crippen molar-refractivity contribution in [3.05, 3.63) is 22.3 Å². The van der Waals surface area contributed by atoms with E-state index in [2.05, 4.69) is 15.3 Å². The number of nitrogens with zero attached hydrogens (tertiary/aromatic N) is 3. The number of aromatic carboxylic acids is 1. The van der Waals surface area contributed by atoms with Gasteiger partial charge >= 0.3 is 5.97 Å². The first kappa shape index (κ1) is 21.0. The van der Waals surface area contributed by atoms with E-state index >= 15 is 0 Å². The molecular formula is C18H26N4O4S. The first-order chi connectivity index (χ1) is 12.7. The van der Waals surface area contributed by atoms with Gasteiger partial charge in [-0.25, -0.2) is 9.78 Å². The van der Waals surface area contributed by atoms with Crippen LogP contribution in [0.1, 0.15) is 43.8 Å². The van der Waals surface area contributed by atoms with Crippen LogP contribution in [0.3, 0.4) is 0 Å². The van der Waals surface area contributed by atoms with Gasteiger partial charge in [-0.05, 0) is 34.1 Å². The molecule has 1 amide bonds. The molecule has 1 saturated heterocycles. The maximum absolute atomic E-state index is 12.5. The summed E-state index contributed by atoms with van der Waals surface area (Å²) in [5.41, 5.74) is 2.31. The summed E-state index contributed by atoms with van der Waals surface area (Å²) in [4.78, 5) is 34.2. The third-order valence-electron chi connectivity index (χ3n) is 4.54. The summed E-state index contributed by atoms with van der Waals surface area (Å²) in [6, 6.07) is -0.144. The zero-order valence-corrected chi connectivity index (χ0v) is 17.1. The lowest BCUT2D eigenvalue weighted by Crippen LogP contribution is -2.55. The van der Waals surface area contributed by atoms with Crippen LogP contribution in [0.15, 0.2) is 22.5 Å². The quantitative estimate of drug-likeness (QED) is 0.718. The monoisotopic (exact) mass is 394 g/mol. The Hall–Kier alpha value is -2.26. The summed E-state index contributed by atoms with van der Waals surface area (Å²) < 4.78 is 5.56. The van der Waals surface area contributed by atoms with E-state index < -0.39 is 5.97 Å². The number of aliphatic imine (C=N–C) groups is 1. The Balaban J connectivity index is 2.03. The van der Waals surface area contributed by atoms with Crippen LogP contribution < -0.4 is 10.2 Å². The molecule has 1 aromatic heterocycles. The number of carbonyl (C=O) groups is 2. The molecule has 0 saturated carbocycles. The lowest BCUT2D eigenvalue weighted by Gasteiger charge is -2.37. The highest BCUT2D eigenvalue weighted by Gasteiger charge is 2.32. The largest absolute Gasteiger partial charge is 0.477 e. The van der Waals surface area contributed by atoms with Crippen molar-refractivity contribution < 1.29 is 19.4 Å². The molecule has 8 nitrogen and oxygen atoms in total. The second-order valence-corrected chi connectivity index (χ2v) is 7.69. The molecule has 0 aromatic carbocycles. The molecule has 0 radical (unpaired) electrons. The molecule has 2 N–H and O–H groups in total. The third-order valence-corrected chi connectivity index (χ3v) is 5.59. The molecule has 0 aliphatic carbocycles. The summed E-state index contributed by atoms with van der Waals surface area (Å²) in [5, 5.41) is 12.7. The number of ether oxygens (including phenoxy) is 1. The number of amides is 1. The van der Waals surface area contributed by atoms with Gasteiger partial charge in [-0.3, -0.25) is 9.79 Å². The maximum Gasteiger partial charge on any atom is 0.347 e. The second-order valence-electron chi connectivity index (χ2n) is 6.68. The van der Waals surface area contributed by atoms with Crippen molar-refractivity contribution in [1.29, 1.82) is 0 Å². The Bertz CT molecular complexity index is 767. The zero-order valence-electron chi connectivity index (χ0n) is 16.3. The van der Waals surface area contributed by atoms with Gasteiger partial charge in [0.1, 0.15) is 10.6 Å². The Morgan fingerprint density at radius 1 is 1.37 bits per heavy atom. The average molecular weight is 394 g/mol. The molecule has 1 unspecified atom stereocenters. The van der Waals surface area contributed by atoms with Crippen molar-refractivity contribution in [2.24, 2.45) is 4.99 Å². The van der Waals surface area contributed by atoms with Crippen molar-refractivity contribution in [2.75, 3.05) is 25.1 Å². The van der Waals surface area contributed by atoms with Crippen molar-refractivity contribution in [1.82, 2.24) is 10.3 Å². The lowest BCUT2D eigenvalue weighted by molar-refractivity contribution is -0.116. The van der Waals surface area contributed by atoms with Gasteiger partial charge in [-0.2, -0.15) is 0 Å². The van der Waals surface area contributed by atoms with Crippen molar-refractivity contribution in [3.8, 4) is 0 Å². The van der Waals surface area contributed by atoms with Crippen molar-refractivity contribution >= 4 is 34.1 Å².